The summed E-state index contributed by atoms with van der Waals surface area (Å²) in [6.07, 6.45) is 0.478. The molecule has 0 aliphatic rings. The number of hydrogen-bond donors (Lipinski definition) is 2. The highest BCUT2D eigenvalue weighted by molar-refractivity contribution is 7.98. The zero-order valence-electron chi connectivity index (χ0n) is 18.6. The third-order valence-electron chi connectivity index (χ3n) is 4.97. The van der Waals surface area contributed by atoms with Gasteiger partial charge in [-0.1, -0.05) is 48.5 Å². The zero-order valence-corrected chi connectivity index (χ0v) is 19.4. The molecule has 0 spiro atoms. The van der Waals surface area contributed by atoms with E-state index < -0.39 is 6.04 Å². The summed E-state index contributed by atoms with van der Waals surface area (Å²) in [5, 5.41) is 11.1. The molecule has 0 saturated carbocycles. The number of ether oxygens (including phenoxy) is 1. The Labute approximate surface area is 202 Å². The van der Waals surface area contributed by atoms with Gasteiger partial charge in [0.25, 0.3) is 0 Å². The van der Waals surface area contributed by atoms with E-state index in [-0.39, 0.29) is 5.91 Å². The number of carbonyl (C=O) groups is 1. The van der Waals surface area contributed by atoms with Crippen molar-refractivity contribution in [3.8, 4) is 17.2 Å². The first-order valence-electron chi connectivity index (χ1n) is 11.0. The molecule has 7 nitrogen and oxygen atoms in total. The predicted molar refractivity (Wildman–Crippen MR) is 135 cm³/mol. The number of para-hydroxylation sites is 1. The minimum absolute atomic E-state index is 0.232. The molecule has 3 N–H and O–H groups in total. The number of nitrogens with zero attached hydrogens (tertiary/aromatic N) is 2. The fraction of sp³-hybridized carbons (Fsp3) is 0.192. The molecule has 1 aromatic heterocycles. The van der Waals surface area contributed by atoms with Crippen molar-refractivity contribution in [2.45, 2.75) is 18.2 Å². The van der Waals surface area contributed by atoms with Gasteiger partial charge in [0.15, 0.2) is 0 Å². The normalized spacial score (nSPS) is 11.7. The molecule has 4 rings (SSSR count). The summed E-state index contributed by atoms with van der Waals surface area (Å²) in [6.45, 7) is 0.609. The lowest BCUT2D eigenvalue weighted by atomic mass is 10.1. The summed E-state index contributed by atoms with van der Waals surface area (Å²) < 4.78 is 11.4. The Morgan fingerprint density at radius 1 is 0.971 bits per heavy atom. The molecule has 8 heteroatoms. The van der Waals surface area contributed by atoms with Gasteiger partial charge in [-0.25, -0.2) is 0 Å². The Hall–Kier alpha value is -3.62. The summed E-state index contributed by atoms with van der Waals surface area (Å²) in [6, 6.07) is 26.1. The predicted octanol–water partition coefficient (Wildman–Crippen LogP) is 4.56. The Bertz CT molecular complexity index is 1170. The molecule has 0 aliphatic heterocycles. The van der Waals surface area contributed by atoms with E-state index in [9.17, 15) is 4.79 Å². The number of amides is 1. The summed E-state index contributed by atoms with van der Waals surface area (Å²) in [7, 11) is 0. The molecule has 1 amide bonds. The van der Waals surface area contributed by atoms with Gasteiger partial charge in [0.2, 0.25) is 17.7 Å². The average Bonchev–Trinajstić information content (AvgIpc) is 3.34. The Kier molecular flexibility index (Phi) is 8.32. The Morgan fingerprint density at radius 3 is 2.41 bits per heavy atom. The zero-order chi connectivity index (χ0) is 23.6. The first kappa shape index (κ1) is 23.5. The summed E-state index contributed by atoms with van der Waals surface area (Å²) in [5.74, 6) is 3.05. The van der Waals surface area contributed by atoms with E-state index in [1.54, 1.807) is 23.9 Å². The van der Waals surface area contributed by atoms with Gasteiger partial charge in [0.05, 0.1) is 18.4 Å². The summed E-state index contributed by atoms with van der Waals surface area (Å²) in [4.78, 5) is 12.4. The molecule has 174 valence electrons. The minimum Gasteiger partial charge on any atom is -0.493 e. The van der Waals surface area contributed by atoms with E-state index in [2.05, 4.69) is 15.5 Å². The molecule has 0 fully saturated rings. The second kappa shape index (κ2) is 12.0. The maximum atomic E-state index is 12.4. The molecule has 0 bridgehead atoms. The van der Waals surface area contributed by atoms with Gasteiger partial charge in [-0.3, -0.25) is 4.79 Å². The number of carbonyl (C=O) groups excluding carboxylic acids is 1. The topological polar surface area (TPSA) is 103 Å². The number of thioether (sulfide) groups is 1. The van der Waals surface area contributed by atoms with Crippen molar-refractivity contribution in [1.29, 1.82) is 0 Å². The highest BCUT2D eigenvalue weighted by atomic mass is 32.2. The van der Waals surface area contributed by atoms with Crippen LogP contribution in [0, 0.1) is 0 Å². The standard InChI is InChI=1S/C26H26N4O3S/c27-23(17-19-7-3-1-4-8-19)25(31)28-21-13-11-20(12-14-21)26-30-29-24(33-26)18-34-16-15-32-22-9-5-2-6-10-22/h1-14,23H,15-18,27H2,(H,28,31)/t23-/m0/s1. The number of nitrogens with two attached hydrogens (primary N) is 1. The van der Waals surface area contributed by atoms with Crippen LogP contribution in [0.25, 0.3) is 11.5 Å². The van der Waals surface area contributed by atoms with Crippen molar-refractivity contribution in [3.63, 3.8) is 0 Å². The lowest BCUT2D eigenvalue weighted by Gasteiger charge is -2.12. The largest absolute Gasteiger partial charge is 0.493 e. The third kappa shape index (κ3) is 6.94. The van der Waals surface area contributed by atoms with Gasteiger partial charge in [0.1, 0.15) is 5.75 Å². The molecule has 0 aliphatic carbocycles. The van der Waals surface area contributed by atoms with Crippen LogP contribution in [0.4, 0.5) is 5.69 Å². The SMILES string of the molecule is N[C@@H](Cc1ccccc1)C(=O)Nc1ccc(-c2nnc(CSCCOc3ccccc3)o2)cc1. The van der Waals surface area contributed by atoms with E-state index in [0.717, 1.165) is 22.6 Å². The van der Waals surface area contributed by atoms with Crippen LogP contribution in [0.5, 0.6) is 5.75 Å². The summed E-state index contributed by atoms with van der Waals surface area (Å²) in [5.41, 5.74) is 8.52. The van der Waals surface area contributed by atoms with Crippen molar-refractivity contribution in [2.24, 2.45) is 5.73 Å². The molecular weight excluding hydrogens is 448 g/mol. The maximum Gasteiger partial charge on any atom is 0.247 e. The second-order valence-corrected chi connectivity index (χ2v) is 8.68. The van der Waals surface area contributed by atoms with Gasteiger partial charge in [-0.15, -0.1) is 22.0 Å². The smallest absolute Gasteiger partial charge is 0.247 e. The fourth-order valence-corrected chi connectivity index (χ4v) is 3.85. The fourth-order valence-electron chi connectivity index (χ4n) is 3.22. The van der Waals surface area contributed by atoms with Gasteiger partial charge >= 0.3 is 0 Å². The van der Waals surface area contributed by atoms with Crippen LogP contribution in [0.2, 0.25) is 0 Å². The maximum absolute atomic E-state index is 12.4. The van der Waals surface area contributed by atoms with Crippen molar-refractivity contribution in [3.05, 3.63) is 96.4 Å². The van der Waals surface area contributed by atoms with Crippen LogP contribution in [0.3, 0.4) is 0 Å². The quantitative estimate of drug-likeness (QED) is 0.307. The van der Waals surface area contributed by atoms with Crippen LogP contribution < -0.4 is 15.8 Å². The monoisotopic (exact) mass is 474 g/mol. The van der Waals surface area contributed by atoms with Crippen LogP contribution in [-0.4, -0.2) is 34.5 Å². The van der Waals surface area contributed by atoms with Crippen LogP contribution in [-0.2, 0) is 17.0 Å². The second-order valence-electron chi connectivity index (χ2n) is 7.58. The minimum atomic E-state index is -0.629. The number of aromatic nitrogens is 2. The molecule has 1 heterocycles. The van der Waals surface area contributed by atoms with Crippen molar-refractivity contribution >= 4 is 23.4 Å². The van der Waals surface area contributed by atoms with E-state index in [1.165, 1.54) is 0 Å². The van der Waals surface area contributed by atoms with Crippen LogP contribution in [0.15, 0.2) is 89.3 Å². The Balaban J connectivity index is 1.22. The number of hydrogen-bond acceptors (Lipinski definition) is 7. The van der Waals surface area contributed by atoms with E-state index >= 15 is 0 Å². The van der Waals surface area contributed by atoms with Crippen LogP contribution in [0.1, 0.15) is 11.5 Å². The molecule has 4 aromatic rings. The molecular formula is C26H26N4O3S. The van der Waals surface area contributed by atoms with Gasteiger partial charge in [-0.05, 0) is 48.4 Å². The van der Waals surface area contributed by atoms with Gasteiger partial charge < -0.3 is 20.2 Å². The summed E-state index contributed by atoms with van der Waals surface area (Å²) >= 11 is 1.67. The number of rotatable bonds is 11. The van der Waals surface area contributed by atoms with E-state index in [4.69, 9.17) is 14.9 Å². The number of benzene rings is 3. The molecule has 34 heavy (non-hydrogen) atoms. The van der Waals surface area contributed by atoms with E-state index in [0.29, 0.717) is 36.2 Å². The lowest BCUT2D eigenvalue weighted by molar-refractivity contribution is -0.117. The van der Waals surface area contributed by atoms with Crippen molar-refractivity contribution < 1.29 is 13.9 Å². The molecule has 1 atom stereocenters. The molecule has 3 aromatic carbocycles. The highest BCUT2D eigenvalue weighted by Gasteiger charge is 2.15. The third-order valence-corrected chi connectivity index (χ3v) is 5.87. The lowest BCUT2D eigenvalue weighted by Crippen LogP contribution is -2.37. The first-order valence-corrected chi connectivity index (χ1v) is 12.1. The van der Waals surface area contributed by atoms with Gasteiger partial charge in [0, 0.05) is 17.0 Å². The first-order chi connectivity index (χ1) is 16.7. The molecule has 0 radical (unpaired) electrons. The van der Waals surface area contributed by atoms with Crippen molar-refractivity contribution in [1.82, 2.24) is 10.2 Å². The highest BCUT2D eigenvalue weighted by Crippen LogP contribution is 2.22. The number of nitrogens with one attached hydrogen (secondary N) is 1. The molecule has 0 saturated heterocycles. The van der Waals surface area contributed by atoms with Crippen molar-refractivity contribution in [2.75, 3.05) is 17.7 Å². The average molecular weight is 475 g/mol. The van der Waals surface area contributed by atoms with E-state index in [1.807, 2.05) is 72.8 Å². The molecule has 0 unspecified atom stereocenters. The van der Waals surface area contributed by atoms with Gasteiger partial charge in [-0.2, -0.15) is 0 Å². The Morgan fingerprint density at radius 2 is 1.68 bits per heavy atom. The van der Waals surface area contributed by atoms with Crippen LogP contribution >= 0.6 is 11.8 Å². The number of anilines is 1.